The topological polar surface area (TPSA) is 40.7 Å². The van der Waals surface area contributed by atoms with Crippen LogP contribution in [0, 0.1) is 0 Å². The second-order valence-electron chi connectivity index (χ2n) is 3.60. The van der Waals surface area contributed by atoms with Gasteiger partial charge in [0, 0.05) is 36.3 Å². The van der Waals surface area contributed by atoms with E-state index in [-0.39, 0.29) is 0 Å². The number of nitrogens with one attached hydrogen (secondary N) is 2. The molecule has 2 N–H and O–H groups in total. The number of nitrogens with zero attached hydrogens (tertiary/aromatic N) is 1. The zero-order chi connectivity index (χ0) is 11.4. The molecule has 0 amide bonds. The molecule has 0 aliphatic carbocycles. The lowest BCUT2D eigenvalue weighted by Gasteiger charge is -2.10. The molecular weight excluding hydrogens is 242 g/mol. The van der Waals surface area contributed by atoms with E-state index in [1.807, 2.05) is 12.3 Å². The van der Waals surface area contributed by atoms with E-state index in [0.29, 0.717) is 6.04 Å². The highest BCUT2D eigenvalue weighted by Gasteiger charge is 2.07. The summed E-state index contributed by atoms with van der Waals surface area (Å²) in [5.74, 6) is 1.02. The van der Waals surface area contributed by atoms with E-state index in [2.05, 4.69) is 28.3 Å². The number of rotatable bonds is 5. The quantitative estimate of drug-likeness (QED) is 0.862. The SMILES string of the molecule is CC(NCCc1ncc[nH]1)c1ccc(Cl)s1. The molecule has 0 aliphatic rings. The van der Waals surface area contributed by atoms with Crippen molar-refractivity contribution in [2.24, 2.45) is 0 Å². The molecule has 86 valence electrons. The molecule has 0 fully saturated rings. The Morgan fingerprint density at radius 3 is 3.06 bits per heavy atom. The van der Waals surface area contributed by atoms with Gasteiger partial charge in [0.1, 0.15) is 5.82 Å². The molecule has 16 heavy (non-hydrogen) atoms. The van der Waals surface area contributed by atoms with Gasteiger partial charge in [0.25, 0.3) is 0 Å². The Bertz CT molecular complexity index is 424. The maximum Gasteiger partial charge on any atom is 0.107 e. The van der Waals surface area contributed by atoms with Crippen molar-refractivity contribution >= 4 is 22.9 Å². The van der Waals surface area contributed by atoms with Gasteiger partial charge >= 0.3 is 0 Å². The molecule has 0 radical (unpaired) electrons. The molecule has 0 bridgehead atoms. The van der Waals surface area contributed by atoms with Crippen LogP contribution in [0.3, 0.4) is 0 Å². The summed E-state index contributed by atoms with van der Waals surface area (Å²) in [4.78, 5) is 8.53. The second-order valence-corrected chi connectivity index (χ2v) is 5.35. The lowest BCUT2D eigenvalue weighted by atomic mass is 10.2. The molecule has 2 aromatic heterocycles. The molecule has 0 saturated carbocycles. The molecule has 2 aromatic rings. The third-order valence-corrected chi connectivity index (χ3v) is 3.80. The van der Waals surface area contributed by atoms with Crippen LogP contribution in [-0.4, -0.2) is 16.5 Å². The Morgan fingerprint density at radius 2 is 2.44 bits per heavy atom. The van der Waals surface area contributed by atoms with Gasteiger partial charge in [0.05, 0.1) is 4.34 Å². The maximum absolute atomic E-state index is 5.90. The molecule has 1 atom stereocenters. The van der Waals surface area contributed by atoms with Crippen LogP contribution in [0.4, 0.5) is 0 Å². The zero-order valence-electron chi connectivity index (χ0n) is 9.03. The van der Waals surface area contributed by atoms with Gasteiger partial charge in [-0.15, -0.1) is 11.3 Å². The Labute approximate surface area is 104 Å². The van der Waals surface area contributed by atoms with Crippen molar-refractivity contribution in [1.82, 2.24) is 15.3 Å². The average molecular weight is 256 g/mol. The Kier molecular flexibility index (Phi) is 3.98. The molecule has 0 aliphatic heterocycles. The summed E-state index contributed by atoms with van der Waals surface area (Å²) in [6.07, 6.45) is 4.53. The van der Waals surface area contributed by atoms with Crippen LogP contribution in [0.1, 0.15) is 23.7 Å². The van der Waals surface area contributed by atoms with E-state index in [9.17, 15) is 0 Å². The van der Waals surface area contributed by atoms with E-state index in [4.69, 9.17) is 11.6 Å². The van der Waals surface area contributed by atoms with Gasteiger partial charge in [-0.25, -0.2) is 4.98 Å². The van der Waals surface area contributed by atoms with Crippen LogP contribution in [0.2, 0.25) is 4.34 Å². The Hall–Kier alpha value is -0.840. The molecule has 0 aromatic carbocycles. The highest BCUT2D eigenvalue weighted by Crippen LogP contribution is 2.26. The highest BCUT2D eigenvalue weighted by atomic mass is 35.5. The predicted molar refractivity (Wildman–Crippen MR) is 68.0 cm³/mol. The third-order valence-electron chi connectivity index (χ3n) is 2.39. The van der Waals surface area contributed by atoms with E-state index in [1.165, 1.54) is 4.88 Å². The van der Waals surface area contributed by atoms with E-state index in [0.717, 1.165) is 23.1 Å². The summed E-state index contributed by atoms with van der Waals surface area (Å²) in [6.45, 7) is 3.05. The van der Waals surface area contributed by atoms with Crippen molar-refractivity contribution in [1.29, 1.82) is 0 Å². The van der Waals surface area contributed by atoms with E-state index >= 15 is 0 Å². The van der Waals surface area contributed by atoms with Crippen molar-refractivity contribution < 1.29 is 0 Å². The summed E-state index contributed by atoms with van der Waals surface area (Å²) >= 11 is 7.52. The molecule has 3 nitrogen and oxygen atoms in total. The van der Waals surface area contributed by atoms with Crippen LogP contribution in [0.25, 0.3) is 0 Å². The molecule has 0 spiro atoms. The van der Waals surface area contributed by atoms with E-state index in [1.54, 1.807) is 17.5 Å². The molecule has 1 unspecified atom stereocenters. The predicted octanol–water partition coefficient (Wildman–Crippen LogP) is 3.02. The summed E-state index contributed by atoms with van der Waals surface area (Å²) < 4.78 is 0.842. The van der Waals surface area contributed by atoms with Crippen molar-refractivity contribution in [3.63, 3.8) is 0 Å². The number of imidazole rings is 1. The smallest absolute Gasteiger partial charge is 0.107 e. The lowest BCUT2D eigenvalue weighted by Crippen LogP contribution is -2.20. The number of H-pyrrole nitrogens is 1. The molecular formula is C11H14ClN3S. The van der Waals surface area contributed by atoms with Gasteiger partial charge in [0.2, 0.25) is 0 Å². The van der Waals surface area contributed by atoms with Gasteiger partial charge in [0.15, 0.2) is 0 Å². The van der Waals surface area contributed by atoms with Crippen molar-refractivity contribution in [3.8, 4) is 0 Å². The monoisotopic (exact) mass is 255 g/mol. The number of aromatic amines is 1. The van der Waals surface area contributed by atoms with Gasteiger partial charge in [-0.2, -0.15) is 0 Å². The lowest BCUT2D eigenvalue weighted by molar-refractivity contribution is 0.579. The average Bonchev–Trinajstić information content (AvgIpc) is 2.89. The number of halogens is 1. The largest absolute Gasteiger partial charge is 0.349 e. The van der Waals surface area contributed by atoms with Crippen LogP contribution in [0.5, 0.6) is 0 Å². The highest BCUT2D eigenvalue weighted by molar-refractivity contribution is 7.16. The van der Waals surface area contributed by atoms with Crippen LogP contribution in [0.15, 0.2) is 24.5 Å². The van der Waals surface area contributed by atoms with Crippen molar-refractivity contribution in [2.45, 2.75) is 19.4 Å². The standard InChI is InChI=1S/C11H14ClN3S/c1-8(9-2-3-10(12)16-9)13-5-4-11-14-6-7-15-11/h2-3,6-8,13H,4-5H2,1H3,(H,14,15). The van der Waals surface area contributed by atoms with Gasteiger partial charge in [-0.3, -0.25) is 0 Å². The minimum absolute atomic E-state index is 0.340. The first-order valence-corrected chi connectivity index (χ1v) is 6.42. The zero-order valence-corrected chi connectivity index (χ0v) is 10.6. The molecule has 2 rings (SSSR count). The first-order valence-electron chi connectivity index (χ1n) is 5.22. The Balaban J connectivity index is 1.78. The fourth-order valence-electron chi connectivity index (χ4n) is 1.50. The van der Waals surface area contributed by atoms with Gasteiger partial charge in [-0.1, -0.05) is 11.6 Å². The summed E-state index contributed by atoms with van der Waals surface area (Å²) in [5.41, 5.74) is 0. The first kappa shape index (κ1) is 11.6. The van der Waals surface area contributed by atoms with Gasteiger partial charge < -0.3 is 10.3 Å². The fourth-order valence-corrected chi connectivity index (χ4v) is 2.59. The molecule has 5 heteroatoms. The maximum atomic E-state index is 5.90. The van der Waals surface area contributed by atoms with Crippen LogP contribution in [-0.2, 0) is 6.42 Å². The molecule has 2 heterocycles. The van der Waals surface area contributed by atoms with Gasteiger partial charge in [-0.05, 0) is 19.1 Å². The van der Waals surface area contributed by atoms with Crippen molar-refractivity contribution in [3.05, 3.63) is 39.6 Å². The normalized spacial score (nSPS) is 12.9. The number of hydrogen-bond acceptors (Lipinski definition) is 3. The van der Waals surface area contributed by atoms with Crippen LogP contribution < -0.4 is 5.32 Å². The van der Waals surface area contributed by atoms with Crippen LogP contribution >= 0.6 is 22.9 Å². The summed E-state index contributed by atoms with van der Waals surface area (Å²) in [5, 5.41) is 3.44. The summed E-state index contributed by atoms with van der Waals surface area (Å²) in [7, 11) is 0. The minimum Gasteiger partial charge on any atom is -0.349 e. The second kappa shape index (κ2) is 5.48. The number of thiophene rings is 1. The summed E-state index contributed by atoms with van der Waals surface area (Å²) in [6, 6.07) is 4.34. The Morgan fingerprint density at radius 1 is 1.56 bits per heavy atom. The minimum atomic E-state index is 0.340. The fraction of sp³-hybridized carbons (Fsp3) is 0.364. The third kappa shape index (κ3) is 3.07. The molecule has 0 saturated heterocycles. The van der Waals surface area contributed by atoms with E-state index < -0.39 is 0 Å². The van der Waals surface area contributed by atoms with Crippen molar-refractivity contribution in [2.75, 3.05) is 6.54 Å². The first-order chi connectivity index (χ1) is 7.75. The number of aromatic nitrogens is 2. The number of hydrogen-bond donors (Lipinski definition) is 2.